The van der Waals surface area contributed by atoms with Crippen molar-refractivity contribution in [3.05, 3.63) is 69.4 Å². The molecule has 1 heteroatoms. The Balaban J connectivity index is 5.58. The zero-order valence-corrected chi connectivity index (χ0v) is 22.9. The van der Waals surface area contributed by atoms with Crippen LogP contribution in [0.2, 0.25) is 0 Å². The molecular formula is C31H51F. The van der Waals surface area contributed by atoms with Gasteiger partial charge in [-0.05, 0) is 125 Å². The first-order valence-corrected chi connectivity index (χ1v) is 12.4. The summed E-state index contributed by atoms with van der Waals surface area (Å²) < 4.78 is 12.6. The molecular weight excluding hydrogens is 391 g/mol. The van der Waals surface area contributed by atoms with Crippen molar-refractivity contribution in [1.82, 2.24) is 0 Å². The van der Waals surface area contributed by atoms with Crippen LogP contribution in [0.3, 0.4) is 0 Å². The molecule has 0 nitrogen and oxygen atoms in total. The summed E-state index contributed by atoms with van der Waals surface area (Å²) in [7, 11) is 0. The van der Waals surface area contributed by atoms with Crippen LogP contribution in [0.4, 0.5) is 4.39 Å². The molecule has 0 rings (SSSR count). The molecule has 0 aliphatic carbocycles. The summed E-state index contributed by atoms with van der Waals surface area (Å²) in [4.78, 5) is 0. The summed E-state index contributed by atoms with van der Waals surface area (Å²) in [5, 5.41) is 0. The van der Waals surface area contributed by atoms with E-state index in [-0.39, 0.29) is 12.1 Å². The SMILES string of the molecule is CC(C)=CCC(/C=C(\C)CC/C=C(\C)CC/C=C(\C)CF)(CC=C(C)C)CC(C)=C(C)C. The van der Waals surface area contributed by atoms with E-state index in [4.69, 9.17) is 0 Å². The van der Waals surface area contributed by atoms with Gasteiger partial charge in [0.1, 0.15) is 6.67 Å². The average molecular weight is 443 g/mol. The van der Waals surface area contributed by atoms with Gasteiger partial charge in [0.2, 0.25) is 0 Å². The maximum absolute atomic E-state index is 12.6. The lowest BCUT2D eigenvalue weighted by molar-refractivity contribution is 0.380. The second-order valence-corrected chi connectivity index (χ2v) is 10.6. The van der Waals surface area contributed by atoms with Crippen molar-refractivity contribution in [1.29, 1.82) is 0 Å². The fourth-order valence-electron chi connectivity index (χ4n) is 3.76. The lowest BCUT2D eigenvalue weighted by Gasteiger charge is -2.31. The first-order chi connectivity index (χ1) is 14.9. The molecule has 32 heavy (non-hydrogen) atoms. The summed E-state index contributed by atoms with van der Waals surface area (Å²) in [6.07, 6.45) is 19.2. The van der Waals surface area contributed by atoms with E-state index in [0.717, 1.165) is 50.5 Å². The molecule has 0 heterocycles. The third-order valence-corrected chi connectivity index (χ3v) is 6.13. The molecule has 0 aromatic carbocycles. The molecule has 182 valence electrons. The van der Waals surface area contributed by atoms with Crippen LogP contribution in [0.15, 0.2) is 69.4 Å². The standard InChI is InChI=1S/C31H51F/c1-24(2)17-19-31(20-18-25(3)4,22-30(10)26(5)6)21-28(8)15-11-13-27(7)14-12-16-29(9)23-32/h13,16-18,21H,11-12,14-15,19-20,22-23H2,1-10H3/b27-13+,28-21+,29-16+. The van der Waals surface area contributed by atoms with E-state index >= 15 is 0 Å². The number of hydrogen-bond donors (Lipinski definition) is 0. The zero-order chi connectivity index (χ0) is 24.7. The molecule has 0 aromatic rings. The Morgan fingerprint density at radius 3 is 1.53 bits per heavy atom. The molecule has 0 aliphatic rings. The van der Waals surface area contributed by atoms with Crippen molar-refractivity contribution < 1.29 is 4.39 Å². The second-order valence-electron chi connectivity index (χ2n) is 10.6. The normalized spacial score (nSPS) is 13.2. The van der Waals surface area contributed by atoms with Gasteiger partial charge >= 0.3 is 0 Å². The van der Waals surface area contributed by atoms with Crippen molar-refractivity contribution in [3.8, 4) is 0 Å². The van der Waals surface area contributed by atoms with Gasteiger partial charge in [0.05, 0.1) is 0 Å². The Morgan fingerprint density at radius 1 is 0.625 bits per heavy atom. The summed E-state index contributed by atoms with van der Waals surface area (Å²) in [5.41, 5.74) is 9.58. The molecule has 0 atom stereocenters. The molecule has 0 N–H and O–H groups in total. The van der Waals surface area contributed by atoms with Crippen LogP contribution < -0.4 is 0 Å². The molecule has 0 radical (unpaired) electrons. The lowest BCUT2D eigenvalue weighted by Crippen LogP contribution is -2.19. The number of allylic oxidation sites excluding steroid dienone is 12. The third kappa shape index (κ3) is 14.4. The van der Waals surface area contributed by atoms with Crippen molar-refractivity contribution >= 4 is 0 Å². The van der Waals surface area contributed by atoms with Gasteiger partial charge in [0, 0.05) is 0 Å². The highest BCUT2D eigenvalue weighted by Crippen LogP contribution is 2.40. The molecule has 0 aliphatic heterocycles. The smallest absolute Gasteiger partial charge is 0.110 e. The van der Waals surface area contributed by atoms with Gasteiger partial charge in [-0.25, -0.2) is 4.39 Å². The van der Waals surface area contributed by atoms with Crippen LogP contribution in [0, 0.1) is 5.41 Å². The van der Waals surface area contributed by atoms with Crippen LogP contribution in [-0.4, -0.2) is 6.67 Å². The summed E-state index contributed by atoms with van der Waals surface area (Å²) >= 11 is 0. The number of alkyl halides is 1. The Hall–Kier alpha value is -1.63. The largest absolute Gasteiger partial charge is 0.246 e. The van der Waals surface area contributed by atoms with Crippen molar-refractivity contribution in [2.24, 2.45) is 5.41 Å². The average Bonchev–Trinajstić information content (AvgIpc) is 2.70. The summed E-state index contributed by atoms with van der Waals surface area (Å²) in [5.74, 6) is 0. The van der Waals surface area contributed by atoms with Gasteiger partial charge < -0.3 is 0 Å². The molecule has 0 bridgehead atoms. The summed E-state index contributed by atoms with van der Waals surface area (Å²) in [6, 6.07) is 0. The van der Waals surface area contributed by atoms with Gasteiger partial charge in [0.25, 0.3) is 0 Å². The summed E-state index contributed by atoms with van der Waals surface area (Å²) in [6.45, 7) is 21.6. The second kappa shape index (κ2) is 16.1. The Labute approximate surface area is 200 Å². The fourth-order valence-corrected chi connectivity index (χ4v) is 3.76. The first-order valence-electron chi connectivity index (χ1n) is 12.4. The maximum Gasteiger partial charge on any atom is 0.110 e. The number of hydrogen-bond acceptors (Lipinski definition) is 0. The minimum Gasteiger partial charge on any atom is -0.246 e. The molecule has 0 amide bonds. The number of halogens is 1. The topological polar surface area (TPSA) is 0 Å². The first kappa shape index (κ1) is 30.4. The third-order valence-electron chi connectivity index (χ3n) is 6.13. The van der Waals surface area contributed by atoms with E-state index in [9.17, 15) is 4.39 Å². The van der Waals surface area contributed by atoms with E-state index in [0.29, 0.717) is 0 Å². The van der Waals surface area contributed by atoms with Gasteiger partial charge in [-0.15, -0.1) is 0 Å². The zero-order valence-electron chi connectivity index (χ0n) is 22.9. The van der Waals surface area contributed by atoms with Gasteiger partial charge in [-0.1, -0.05) is 63.8 Å². The minimum absolute atomic E-state index is 0.132. The van der Waals surface area contributed by atoms with E-state index < -0.39 is 0 Å². The maximum atomic E-state index is 12.6. The molecule has 0 saturated heterocycles. The van der Waals surface area contributed by atoms with Crippen LogP contribution in [0.1, 0.15) is 114 Å². The highest BCUT2D eigenvalue weighted by Gasteiger charge is 2.26. The van der Waals surface area contributed by atoms with Gasteiger partial charge in [0.15, 0.2) is 0 Å². The molecule has 0 spiro atoms. The Bertz CT molecular complexity index is 717. The van der Waals surface area contributed by atoms with E-state index in [1.165, 1.54) is 33.4 Å². The van der Waals surface area contributed by atoms with E-state index in [1.54, 1.807) is 0 Å². The molecule has 0 saturated carbocycles. The Morgan fingerprint density at radius 2 is 1.09 bits per heavy atom. The van der Waals surface area contributed by atoms with Crippen molar-refractivity contribution in [3.63, 3.8) is 0 Å². The molecule has 0 fully saturated rings. The van der Waals surface area contributed by atoms with E-state index in [1.807, 2.05) is 13.0 Å². The van der Waals surface area contributed by atoms with Crippen LogP contribution in [-0.2, 0) is 0 Å². The van der Waals surface area contributed by atoms with Crippen LogP contribution in [0.5, 0.6) is 0 Å². The van der Waals surface area contributed by atoms with Gasteiger partial charge in [-0.2, -0.15) is 0 Å². The monoisotopic (exact) mass is 442 g/mol. The van der Waals surface area contributed by atoms with Gasteiger partial charge in [-0.3, -0.25) is 0 Å². The Kier molecular flexibility index (Phi) is 15.2. The molecule has 0 aromatic heterocycles. The van der Waals surface area contributed by atoms with Crippen molar-refractivity contribution in [2.45, 2.75) is 114 Å². The van der Waals surface area contributed by atoms with Crippen LogP contribution >= 0.6 is 0 Å². The highest BCUT2D eigenvalue weighted by atomic mass is 19.1. The lowest BCUT2D eigenvalue weighted by atomic mass is 9.73. The van der Waals surface area contributed by atoms with Crippen molar-refractivity contribution in [2.75, 3.05) is 6.67 Å². The van der Waals surface area contributed by atoms with E-state index in [2.05, 4.69) is 86.6 Å². The number of rotatable bonds is 14. The predicted molar refractivity (Wildman–Crippen MR) is 145 cm³/mol. The highest BCUT2D eigenvalue weighted by molar-refractivity contribution is 5.21. The predicted octanol–water partition coefficient (Wildman–Crippen LogP) is 10.8. The van der Waals surface area contributed by atoms with Crippen LogP contribution in [0.25, 0.3) is 0 Å². The molecule has 0 unspecified atom stereocenters. The quantitative estimate of drug-likeness (QED) is 0.235. The fraction of sp³-hybridized carbons (Fsp3) is 0.613. The minimum atomic E-state index is -0.333.